The molecule has 1 N–H and O–H groups in total. The summed E-state index contributed by atoms with van der Waals surface area (Å²) in [7, 11) is 1.89. The van der Waals surface area contributed by atoms with Gasteiger partial charge in [0.2, 0.25) is 5.91 Å². The minimum atomic E-state index is -0.248. The monoisotopic (exact) mass is 268 g/mol. The Morgan fingerprint density at radius 1 is 1.56 bits per heavy atom. The van der Waals surface area contributed by atoms with Gasteiger partial charge in [-0.3, -0.25) is 4.79 Å². The number of rotatable bonds is 5. The van der Waals surface area contributed by atoms with Crippen LogP contribution >= 0.6 is 11.8 Å². The summed E-state index contributed by atoms with van der Waals surface area (Å²) in [4.78, 5) is 13.7. The molecule has 98 valence electrons. The van der Waals surface area contributed by atoms with Gasteiger partial charge in [0.25, 0.3) is 0 Å². The van der Waals surface area contributed by atoms with Crippen molar-refractivity contribution in [2.24, 2.45) is 0 Å². The smallest absolute Gasteiger partial charge is 0.233 e. The third kappa shape index (κ3) is 3.03. The Kier molecular flexibility index (Phi) is 4.60. The molecule has 0 bridgehead atoms. The maximum absolute atomic E-state index is 13.2. The maximum atomic E-state index is 13.2. The van der Waals surface area contributed by atoms with Crippen LogP contribution in [0.25, 0.3) is 0 Å². The lowest BCUT2D eigenvalue weighted by atomic mass is 10.2. The van der Waals surface area contributed by atoms with E-state index >= 15 is 0 Å². The van der Waals surface area contributed by atoms with Crippen molar-refractivity contribution in [2.75, 3.05) is 25.9 Å². The molecule has 1 saturated heterocycles. The first-order valence-corrected chi connectivity index (χ1v) is 7.08. The Balaban J connectivity index is 2.08. The number of nitrogens with one attached hydrogen (secondary N) is 1. The fraction of sp³-hybridized carbons (Fsp3) is 0.462. The molecule has 1 amide bonds. The van der Waals surface area contributed by atoms with Crippen molar-refractivity contribution < 1.29 is 9.18 Å². The highest BCUT2D eigenvalue weighted by Gasteiger charge is 2.32. The zero-order valence-corrected chi connectivity index (χ0v) is 11.2. The van der Waals surface area contributed by atoms with Crippen LogP contribution in [0, 0.1) is 5.82 Å². The maximum Gasteiger partial charge on any atom is 0.233 e. The van der Waals surface area contributed by atoms with Crippen molar-refractivity contribution >= 4 is 17.7 Å². The van der Waals surface area contributed by atoms with Gasteiger partial charge in [-0.25, -0.2) is 4.39 Å². The van der Waals surface area contributed by atoms with E-state index in [2.05, 4.69) is 5.32 Å². The molecule has 0 radical (unpaired) electrons. The van der Waals surface area contributed by atoms with E-state index in [1.807, 2.05) is 18.0 Å². The van der Waals surface area contributed by atoms with Gasteiger partial charge < -0.3 is 10.2 Å². The number of amides is 1. The molecule has 0 aromatic heterocycles. The van der Waals surface area contributed by atoms with Gasteiger partial charge in [-0.1, -0.05) is 12.1 Å². The van der Waals surface area contributed by atoms with Gasteiger partial charge in [0.05, 0.1) is 5.75 Å². The van der Waals surface area contributed by atoms with Gasteiger partial charge in [-0.15, -0.1) is 11.8 Å². The lowest BCUT2D eigenvalue weighted by Gasteiger charge is -2.24. The molecule has 1 aromatic rings. The highest BCUT2D eigenvalue weighted by atomic mass is 32.2. The van der Waals surface area contributed by atoms with Gasteiger partial charge in [0.15, 0.2) is 0 Å². The predicted molar refractivity (Wildman–Crippen MR) is 71.9 cm³/mol. The Morgan fingerprint density at radius 2 is 2.39 bits per heavy atom. The summed E-state index contributed by atoms with van der Waals surface area (Å²) in [5.74, 6) is 0.383. The third-order valence-corrected chi connectivity index (χ3v) is 4.18. The normalized spacial score (nSPS) is 19.6. The molecule has 1 aliphatic heterocycles. The lowest BCUT2D eigenvalue weighted by Crippen LogP contribution is -2.30. The van der Waals surface area contributed by atoms with Crippen molar-refractivity contribution in [3.05, 3.63) is 35.6 Å². The number of carbonyl (C=O) groups is 1. The van der Waals surface area contributed by atoms with Crippen LogP contribution < -0.4 is 5.32 Å². The Labute approximate surface area is 111 Å². The Morgan fingerprint density at radius 3 is 3.11 bits per heavy atom. The van der Waals surface area contributed by atoms with Crippen LogP contribution in [0.5, 0.6) is 0 Å². The van der Waals surface area contributed by atoms with Crippen LogP contribution in [0.15, 0.2) is 24.3 Å². The molecule has 1 aromatic carbocycles. The molecule has 1 aliphatic rings. The molecule has 3 nitrogen and oxygen atoms in total. The first kappa shape index (κ1) is 13.4. The van der Waals surface area contributed by atoms with Crippen LogP contribution in [0.3, 0.4) is 0 Å². The summed E-state index contributed by atoms with van der Waals surface area (Å²) in [6.45, 7) is 1.60. The van der Waals surface area contributed by atoms with Gasteiger partial charge in [0, 0.05) is 6.54 Å². The largest absolute Gasteiger partial charge is 0.326 e. The topological polar surface area (TPSA) is 32.3 Å². The van der Waals surface area contributed by atoms with Crippen LogP contribution in [0.1, 0.15) is 17.4 Å². The molecule has 0 saturated carbocycles. The van der Waals surface area contributed by atoms with Crippen molar-refractivity contribution in [3.8, 4) is 0 Å². The minimum Gasteiger partial charge on any atom is -0.326 e. The lowest BCUT2D eigenvalue weighted by molar-refractivity contribution is -0.128. The number of hydrogen-bond acceptors (Lipinski definition) is 3. The summed E-state index contributed by atoms with van der Waals surface area (Å²) < 4.78 is 13.2. The summed E-state index contributed by atoms with van der Waals surface area (Å²) in [6, 6.07) is 6.52. The summed E-state index contributed by atoms with van der Waals surface area (Å²) in [5, 5.41) is 3.03. The number of hydrogen-bond donors (Lipinski definition) is 1. The zero-order valence-electron chi connectivity index (χ0n) is 10.4. The SMILES string of the molecule is CNCCCN1C(=O)CSC1c1cccc(F)c1. The molecule has 1 atom stereocenters. The van der Waals surface area contributed by atoms with E-state index in [0.29, 0.717) is 12.3 Å². The Hall–Kier alpha value is -1.07. The average molecular weight is 268 g/mol. The van der Waals surface area contributed by atoms with Gasteiger partial charge in [0.1, 0.15) is 11.2 Å². The van der Waals surface area contributed by atoms with Crippen LogP contribution in [-0.2, 0) is 4.79 Å². The quantitative estimate of drug-likeness (QED) is 0.829. The number of benzene rings is 1. The number of carbonyl (C=O) groups excluding carboxylic acids is 1. The second-order valence-corrected chi connectivity index (χ2v) is 5.33. The van der Waals surface area contributed by atoms with E-state index in [4.69, 9.17) is 0 Å². The molecule has 2 rings (SSSR count). The molecule has 1 heterocycles. The third-order valence-electron chi connectivity index (χ3n) is 2.93. The van der Waals surface area contributed by atoms with Crippen molar-refractivity contribution in [3.63, 3.8) is 0 Å². The highest BCUT2D eigenvalue weighted by Crippen LogP contribution is 2.38. The molecule has 18 heavy (non-hydrogen) atoms. The second-order valence-electron chi connectivity index (χ2n) is 4.26. The molecule has 0 spiro atoms. The van der Waals surface area contributed by atoms with Gasteiger partial charge >= 0.3 is 0 Å². The van der Waals surface area contributed by atoms with E-state index < -0.39 is 0 Å². The Bertz CT molecular complexity index is 427. The van der Waals surface area contributed by atoms with Crippen LogP contribution in [0.2, 0.25) is 0 Å². The fourth-order valence-corrected chi connectivity index (χ4v) is 3.27. The first-order chi connectivity index (χ1) is 8.72. The number of nitrogens with zero attached hydrogens (tertiary/aromatic N) is 1. The molecule has 1 unspecified atom stereocenters. The fourth-order valence-electron chi connectivity index (χ4n) is 2.06. The van der Waals surface area contributed by atoms with Crippen LogP contribution in [0.4, 0.5) is 4.39 Å². The van der Waals surface area contributed by atoms with Gasteiger partial charge in [-0.2, -0.15) is 0 Å². The predicted octanol–water partition coefficient (Wildman–Crippen LogP) is 2.01. The van der Waals surface area contributed by atoms with E-state index in [1.54, 1.807) is 17.8 Å². The molecular weight excluding hydrogens is 251 g/mol. The number of halogens is 1. The van der Waals surface area contributed by atoms with E-state index in [0.717, 1.165) is 18.5 Å². The van der Waals surface area contributed by atoms with Crippen molar-refractivity contribution in [1.82, 2.24) is 10.2 Å². The number of thioether (sulfide) groups is 1. The molecule has 5 heteroatoms. The minimum absolute atomic E-state index is 0.0370. The molecule has 1 fully saturated rings. The van der Waals surface area contributed by atoms with E-state index in [9.17, 15) is 9.18 Å². The van der Waals surface area contributed by atoms with Crippen LogP contribution in [-0.4, -0.2) is 36.7 Å². The zero-order chi connectivity index (χ0) is 13.0. The standard InChI is InChI=1S/C13H17FN2OS/c1-15-6-3-7-16-12(17)9-18-13(16)10-4-2-5-11(14)8-10/h2,4-5,8,13,15H,3,6-7,9H2,1H3. The summed E-state index contributed by atoms with van der Waals surface area (Å²) >= 11 is 1.57. The second kappa shape index (κ2) is 6.20. The summed E-state index contributed by atoms with van der Waals surface area (Å²) in [6.07, 6.45) is 0.911. The van der Waals surface area contributed by atoms with Gasteiger partial charge in [-0.05, 0) is 37.7 Å². The van der Waals surface area contributed by atoms with Crippen molar-refractivity contribution in [1.29, 1.82) is 0 Å². The van der Waals surface area contributed by atoms with E-state index in [-0.39, 0.29) is 17.1 Å². The summed E-state index contributed by atoms with van der Waals surface area (Å²) in [5.41, 5.74) is 0.871. The average Bonchev–Trinajstić information content (AvgIpc) is 2.72. The molecular formula is C13H17FN2OS. The highest BCUT2D eigenvalue weighted by molar-refractivity contribution is 8.00. The van der Waals surface area contributed by atoms with E-state index in [1.165, 1.54) is 12.1 Å². The van der Waals surface area contributed by atoms with Crippen molar-refractivity contribution in [2.45, 2.75) is 11.8 Å². The first-order valence-electron chi connectivity index (χ1n) is 6.03. The molecule has 0 aliphatic carbocycles.